The number of halogens is 3. The van der Waals surface area contributed by atoms with Crippen LogP contribution in [-0.4, -0.2) is 80.7 Å². The van der Waals surface area contributed by atoms with Gasteiger partial charge in [-0.15, -0.1) is 5.10 Å². The molecule has 0 aliphatic carbocycles. The number of nitrogens with zero attached hydrogens (tertiary/aromatic N) is 6. The molecule has 3 aromatic rings. The van der Waals surface area contributed by atoms with E-state index in [0.717, 1.165) is 4.52 Å². The fourth-order valence-corrected chi connectivity index (χ4v) is 4.49. The van der Waals surface area contributed by atoms with E-state index in [9.17, 15) is 21.6 Å². The van der Waals surface area contributed by atoms with Gasteiger partial charge in [0, 0.05) is 30.9 Å². The molecule has 3 aromatic heterocycles. The Bertz CT molecular complexity index is 1200. The van der Waals surface area contributed by atoms with E-state index < -0.39 is 22.8 Å². The van der Waals surface area contributed by atoms with Crippen molar-refractivity contribution in [3.05, 3.63) is 18.6 Å². The molecule has 174 valence electrons. The molecule has 0 bridgehead atoms. The standard InChI is InChI=1S/C17H21F3N8O3S/c1-10-8-27(32(2,29)30)4-3-12(10)24-16-25-13-7-21-14(11-5-22-23-6-11)15(28(13)26-16)31-9-17(18,19)20/h5-7,10,12H,3-4,8-9H2,1-2H3,(H,22,23)(H,24,26)/t10-,12+/m1/s1. The summed E-state index contributed by atoms with van der Waals surface area (Å²) in [6.45, 7) is 1.07. The molecule has 0 aromatic carbocycles. The Kier molecular flexibility index (Phi) is 5.70. The second-order valence-corrected chi connectivity index (χ2v) is 9.63. The van der Waals surface area contributed by atoms with Crippen molar-refractivity contribution in [1.29, 1.82) is 0 Å². The third-order valence-corrected chi connectivity index (χ3v) is 6.40. The number of nitrogens with one attached hydrogen (secondary N) is 2. The average Bonchev–Trinajstić information content (AvgIpc) is 3.35. The number of H-pyrrole nitrogens is 1. The molecule has 2 atom stereocenters. The molecule has 11 nitrogen and oxygen atoms in total. The summed E-state index contributed by atoms with van der Waals surface area (Å²) >= 11 is 0. The molecule has 0 radical (unpaired) electrons. The maximum absolute atomic E-state index is 12.8. The number of hydrogen-bond acceptors (Lipinski definition) is 8. The van der Waals surface area contributed by atoms with Crippen LogP contribution in [0.15, 0.2) is 18.6 Å². The maximum atomic E-state index is 12.8. The van der Waals surface area contributed by atoms with Gasteiger partial charge in [-0.05, 0) is 12.3 Å². The molecule has 1 aliphatic heterocycles. The first kappa shape index (κ1) is 22.3. The summed E-state index contributed by atoms with van der Waals surface area (Å²) in [6, 6.07) is -0.119. The van der Waals surface area contributed by atoms with E-state index >= 15 is 0 Å². The fraction of sp³-hybridized carbons (Fsp3) is 0.529. The Morgan fingerprint density at radius 3 is 2.75 bits per heavy atom. The number of rotatable bonds is 6. The van der Waals surface area contributed by atoms with Crippen LogP contribution in [0, 0.1) is 5.92 Å². The molecule has 4 rings (SSSR count). The quantitative estimate of drug-likeness (QED) is 0.550. The first-order valence-corrected chi connectivity index (χ1v) is 11.5. The summed E-state index contributed by atoms with van der Waals surface area (Å²) < 4.78 is 69.6. The number of alkyl halides is 3. The Labute approximate surface area is 181 Å². The highest BCUT2D eigenvalue weighted by molar-refractivity contribution is 7.88. The normalized spacial score (nSPS) is 20.5. The minimum Gasteiger partial charge on any atom is -0.466 e. The first-order valence-electron chi connectivity index (χ1n) is 9.67. The molecular weight excluding hydrogens is 453 g/mol. The molecule has 32 heavy (non-hydrogen) atoms. The molecule has 1 fully saturated rings. The van der Waals surface area contributed by atoms with Gasteiger partial charge in [0.15, 0.2) is 12.3 Å². The van der Waals surface area contributed by atoms with Gasteiger partial charge in [-0.1, -0.05) is 6.92 Å². The van der Waals surface area contributed by atoms with Gasteiger partial charge in [-0.25, -0.2) is 17.7 Å². The van der Waals surface area contributed by atoms with Crippen molar-refractivity contribution >= 4 is 21.6 Å². The zero-order valence-corrected chi connectivity index (χ0v) is 18.0. The van der Waals surface area contributed by atoms with E-state index in [-0.39, 0.29) is 35.1 Å². The number of hydrogen-bond donors (Lipinski definition) is 2. The van der Waals surface area contributed by atoms with Crippen molar-refractivity contribution in [1.82, 2.24) is 34.1 Å². The number of aromatic amines is 1. The lowest BCUT2D eigenvalue weighted by Crippen LogP contribution is -2.47. The predicted molar refractivity (Wildman–Crippen MR) is 108 cm³/mol. The lowest BCUT2D eigenvalue weighted by atomic mass is 9.95. The van der Waals surface area contributed by atoms with Crippen LogP contribution in [-0.2, 0) is 10.0 Å². The molecule has 0 saturated carbocycles. The summed E-state index contributed by atoms with van der Waals surface area (Å²) in [5, 5.41) is 13.8. The van der Waals surface area contributed by atoms with Crippen LogP contribution >= 0.6 is 0 Å². The van der Waals surface area contributed by atoms with Crippen LogP contribution in [0.4, 0.5) is 19.1 Å². The van der Waals surface area contributed by atoms with E-state index in [0.29, 0.717) is 25.1 Å². The van der Waals surface area contributed by atoms with Crippen LogP contribution < -0.4 is 10.1 Å². The van der Waals surface area contributed by atoms with Crippen molar-refractivity contribution in [3.63, 3.8) is 0 Å². The van der Waals surface area contributed by atoms with Crippen molar-refractivity contribution < 1.29 is 26.3 Å². The van der Waals surface area contributed by atoms with Crippen molar-refractivity contribution in [2.45, 2.75) is 25.6 Å². The molecule has 15 heteroatoms. The Balaban J connectivity index is 1.62. The van der Waals surface area contributed by atoms with Gasteiger partial charge in [0.2, 0.25) is 21.9 Å². The van der Waals surface area contributed by atoms with E-state index in [2.05, 4.69) is 30.6 Å². The van der Waals surface area contributed by atoms with Crippen molar-refractivity contribution in [2.75, 3.05) is 31.3 Å². The Morgan fingerprint density at radius 1 is 1.34 bits per heavy atom. The number of aromatic nitrogens is 6. The highest BCUT2D eigenvalue weighted by atomic mass is 32.2. The molecule has 4 heterocycles. The summed E-state index contributed by atoms with van der Waals surface area (Å²) in [7, 11) is -3.28. The second kappa shape index (κ2) is 8.20. The van der Waals surface area contributed by atoms with E-state index in [1.165, 1.54) is 29.2 Å². The maximum Gasteiger partial charge on any atom is 0.422 e. The molecule has 0 spiro atoms. The topological polar surface area (TPSA) is 130 Å². The van der Waals surface area contributed by atoms with Crippen molar-refractivity contribution in [2.24, 2.45) is 5.92 Å². The van der Waals surface area contributed by atoms with Crippen LogP contribution in [0.5, 0.6) is 5.88 Å². The average molecular weight is 474 g/mol. The molecule has 2 N–H and O–H groups in total. The number of sulfonamides is 1. The smallest absolute Gasteiger partial charge is 0.422 e. The van der Waals surface area contributed by atoms with Gasteiger partial charge < -0.3 is 10.1 Å². The van der Waals surface area contributed by atoms with Crippen LogP contribution in [0.25, 0.3) is 16.9 Å². The minimum atomic E-state index is -4.56. The number of piperidine rings is 1. The van der Waals surface area contributed by atoms with E-state index in [1.807, 2.05) is 6.92 Å². The molecule has 0 amide bonds. The van der Waals surface area contributed by atoms with Gasteiger partial charge in [0.25, 0.3) is 0 Å². The first-order chi connectivity index (χ1) is 15.0. The monoisotopic (exact) mass is 474 g/mol. The van der Waals surface area contributed by atoms with E-state index in [4.69, 9.17) is 4.74 Å². The molecule has 0 unspecified atom stereocenters. The fourth-order valence-electron chi connectivity index (χ4n) is 3.54. The highest BCUT2D eigenvalue weighted by Crippen LogP contribution is 2.30. The van der Waals surface area contributed by atoms with Crippen LogP contribution in [0.3, 0.4) is 0 Å². The summed E-state index contributed by atoms with van der Waals surface area (Å²) in [5.74, 6) is -0.0787. The SMILES string of the molecule is C[C@@H]1CN(S(C)(=O)=O)CC[C@@H]1Nc1nc2cnc(-c3cn[nH]c3)c(OCC(F)(F)F)n2n1. The molecular formula is C17H21F3N8O3S. The van der Waals surface area contributed by atoms with Crippen LogP contribution in [0.1, 0.15) is 13.3 Å². The van der Waals surface area contributed by atoms with Gasteiger partial charge in [-0.2, -0.15) is 27.8 Å². The largest absolute Gasteiger partial charge is 0.466 e. The third-order valence-electron chi connectivity index (χ3n) is 5.13. The number of anilines is 1. The van der Waals surface area contributed by atoms with Gasteiger partial charge in [-0.3, -0.25) is 5.10 Å². The zero-order valence-electron chi connectivity index (χ0n) is 17.2. The summed E-state index contributed by atoms with van der Waals surface area (Å²) in [6.07, 6.45) is 1.39. The summed E-state index contributed by atoms with van der Waals surface area (Å²) in [5.41, 5.74) is 0.746. The molecule has 1 saturated heterocycles. The Morgan fingerprint density at radius 2 is 2.12 bits per heavy atom. The van der Waals surface area contributed by atoms with Gasteiger partial charge in [0.1, 0.15) is 5.69 Å². The van der Waals surface area contributed by atoms with Gasteiger partial charge >= 0.3 is 6.18 Å². The number of ether oxygens (including phenoxy) is 1. The van der Waals surface area contributed by atoms with Gasteiger partial charge in [0.05, 0.1) is 18.6 Å². The van der Waals surface area contributed by atoms with E-state index in [1.54, 1.807) is 0 Å². The lowest BCUT2D eigenvalue weighted by molar-refractivity contribution is -0.154. The highest BCUT2D eigenvalue weighted by Gasteiger charge is 2.32. The predicted octanol–water partition coefficient (Wildman–Crippen LogP) is 1.54. The minimum absolute atomic E-state index is 0.0364. The number of fused-ring (bicyclic) bond motifs is 1. The summed E-state index contributed by atoms with van der Waals surface area (Å²) in [4.78, 5) is 8.48. The van der Waals surface area contributed by atoms with Crippen molar-refractivity contribution in [3.8, 4) is 17.1 Å². The Hall–Kier alpha value is -2.94. The second-order valence-electron chi connectivity index (χ2n) is 7.65. The van der Waals surface area contributed by atoms with Crippen LogP contribution in [0.2, 0.25) is 0 Å². The lowest BCUT2D eigenvalue weighted by Gasteiger charge is -2.35. The zero-order chi connectivity index (χ0) is 23.1. The third kappa shape index (κ3) is 4.77. The molecule has 1 aliphatic rings.